The smallest absolute Gasteiger partial charge is 0.254 e. The molecule has 19 heavy (non-hydrogen) atoms. The molecule has 2 rings (SSSR count). The van der Waals surface area contributed by atoms with Crippen molar-refractivity contribution in [3.8, 4) is 0 Å². The number of carbonyl (C=O) groups excluding carboxylic acids is 1. The van der Waals surface area contributed by atoms with Crippen LogP contribution in [-0.2, 0) is 13.2 Å². The molecule has 98 valence electrons. The fourth-order valence-electron chi connectivity index (χ4n) is 1.66. The van der Waals surface area contributed by atoms with Crippen molar-refractivity contribution in [1.29, 1.82) is 0 Å². The molecule has 5 heteroatoms. The van der Waals surface area contributed by atoms with Gasteiger partial charge in [0, 0.05) is 18.9 Å². The second-order valence-electron chi connectivity index (χ2n) is 4.02. The first-order valence-corrected chi connectivity index (χ1v) is 6.15. The van der Waals surface area contributed by atoms with Gasteiger partial charge < -0.3 is 10.4 Å². The van der Waals surface area contributed by atoms with Gasteiger partial charge in [0.2, 0.25) is 0 Å². The highest BCUT2D eigenvalue weighted by Crippen LogP contribution is 2.13. The Kier molecular flexibility index (Phi) is 4.49. The van der Waals surface area contributed by atoms with Crippen LogP contribution in [0, 0.1) is 0 Å². The second-order valence-corrected chi connectivity index (χ2v) is 4.42. The van der Waals surface area contributed by atoms with Crippen LogP contribution in [0.15, 0.2) is 42.7 Å². The van der Waals surface area contributed by atoms with Crippen molar-refractivity contribution in [2.24, 2.45) is 0 Å². The molecule has 4 nitrogen and oxygen atoms in total. The topological polar surface area (TPSA) is 62.2 Å². The highest BCUT2D eigenvalue weighted by molar-refractivity contribution is 6.33. The molecule has 0 atom stereocenters. The lowest BCUT2D eigenvalue weighted by atomic mass is 10.1. The molecule has 0 spiro atoms. The van der Waals surface area contributed by atoms with E-state index < -0.39 is 0 Å². The Morgan fingerprint density at radius 2 is 2.11 bits per heavy atom. The Morgan fingerprint density at radius 3 is 2.84 bits per heavy atom. The summed E-state index contributed by atoms with van der Waals surface area (Å²) in [6.07, 6.45) is 2.96. The summed E-state index contributed by atoms with van der Waals surface area (Å²) < 4.78 is 0. The molecule has 0 unspecified atom stereocenters. The maximum absolute atomic E-state index is 11.9. The predicted octanol–water partition coefficient (Wildman–Crippen LogP) is 2.16. The molecule has 0 saturated heterocycles. The number of hydrogen-bond donors (Lipinski definition) is 2. The van der Waals surface area contributed by atoms with Gasteiger partial charge in [0.25, 0.3) is 5.91 Å². The number of amides is 1. The Bertz CT molecular complexity index is 587. The van der Waals surface area contributed by atoms with Crippen LogP contribution in [0.25, 0.3) is 0 Å². The summed E-state index contributed by atoms with van der Waals surface area (Å²) in [5.41, 5.74) is 2.08. The van der Waals surface area contributed by atoms with Crippen molar-refractivity contribution in [2.75, 3.05) is 0 Å². The van der Waals surface area contributed by atoms with Crippen LogP contribution in [0.2, 0.25) is 5.02 Å². The molecule has 1 aromatic heterocycles. The minimum absolute atomic E-state index is 0.0176. The van der Waals surface area contributed by atoms with Crippen LogP contribution >= 0.6 is 11.6 Å². The number of carbonyl (C=O) groups is 1. The van der Waals surface area contributed by atoms with Crippen molar-refractivity contribution < 1.29 is 9.90 Å². The van der Waals surface area contributed by atoms with E-state index in [1.54, 1.807) is 6.07 Å². The molecular formula is C14H13ClN2O2. The van der Waals surface area contributed by atoms with Crippen LogP contribution < -0.4 is 5.32 Å². The average molecular weight is 277 g/mol. The number of aliphatic hydroxyl groups is 1. The number of pyridine rings is 1. The van der Waals surface area contributed by atoms with Gasteiger partial charge in [0.05, 0.1) is 17.2 Å². The van der Waals surface area contributed by atoms with E-state index in [-0.39, 0.29) is 12.5 Å². The summed E-state index contributed by atoms with van der Waals surface area (Å²) in [4.78, 5) is 15.8. The summed E-state index contributed by atoms with van der Waals surface area (Å²) in [6, 6.07) is 8.95. The molecule has 0 radical (unpaired) electrons. The zero-order valence-electron chi connectivity index (χ0n) is 10.1. The van der Waals surface area contributed by atoms with Gasteiger partial charge in [0.15, 0.2) is 0 Å². The number of aromatic nitrogens is 1. The molecule has 1 heterocycles. The first kappa shape index (κ1) is 13.5. The van der Waals surface area contributed by atoms with Gasteiger partial charge in [-0.2, -0.15) is 0 Å². The van der Waals surface area contributed by atoms with Gasteiger partial charge >= 0.3 is 0 Å². The largest absolute Gasteiger partial charge is 0.392 e. The third kappa shape index (κ3) is 3.53. The van der Waals surface area contributed by atoms with Gasteiger partial charge in [-0.3, -0.25) is 9.78 Å². The number of nitrogens with one attached hydrogen (secondary N) is 1. The van der Waals surface area contributed by atoms with Crippen LogP contribution in [-0.4, -0.2) is 16.0 Å². The fourth-order valence-corrected chi connectivity index (χ4v) is 1.85. The number of rotatable bonds is 4. The van der Waals surface area contributed by atoms with Crippen LogP contribution in [0.5, 0.6) is 0 Å². The van der Waals surface area contributed by atoms with E-state index in [0.29, 0.717) is 17.1 Å². The molecule has 1 aromatic carbocycles. The Morgan fingerprint density at radius 1 is 1.32 bits per heavy atom. The number of aliphatic hydroxyl groups excluding tert-OH is 1. The summed E-state index contributed by atoms with van der Waals surface area (Å²) in [7, 11) is 0. The Balaban J connectivity index is 2.02. The minimum atomic E-state index is -0.271. The lowest BCUT2D eigenvalue weighted by Crippen LogP contribution is -2.23. The molecule has 0 fully saturated rings. The maximum Gasteiger partial charge on any atom is 0.254 e. The van der Waals surface area contributed by atoms with Crippen LogP contribution in [0.1, 0.15) is 21.5 Å². The van der Waals surface area contributed by atoms with Gasteiger partial charge in [-0.15, -0.1) is 0 Å². The van der Waals surface area contributed by atoms with Crippen LogP contribution in [0.4, 0.5) is 0 Å². The normalized spacial score (nSPS) is 10.2. The van der Waals surface area contributed by atoms with Crippen LogP contribution in [0.3, 0.4) is 0 Å². The first-order chi connectivity index (χ1) is 9.20. The standard InChI is InChI=1S/C14H13ClN2O2/c15-13-4-5-16-8-12(13)14(19)17-7-10-2-1-3-11(6-10)9-18/h1-6,8,18H,7,9H2,(H,17,19). The summed E-state index contributed by atoms with van der Waals surface area (Å²) >= 11 is 5.91. The summed E-state index contributed by atoms with van der Waals surface area (Å²) in [5, 5.41) is 12.2. The lowest BCUT2D eigenvalue weighted by Gasteiger charge is -2.07. The third-order valence-corrected chi connectivity index (χ3v) is 2.97. The van der Waals surface area contributed by atoms with E-state index in [9.17, 15) is 4.79 Å². The highest BCUT2D eigenvalue weighted by Gasteiger charge is 2.09. The molecule has 0 aliphatic rings. The van der Waals surface area contributed by atoms with Crippen molar-refractivity contribution in [2.45, 2.75) is 13.2 Å². The minimum Gasteiger partial charge on any atom is -0.392 e. The monoisotopic (exact) mass is 276 g/mol. The number of benzene rings is 1. The van der Waals surface area contributed by atoms with Crippen molar-refractivity contribution >= 4 is 17.5 Å². The van der Waals surface area contributed by atoms with E-state index in [4.69, 9.17) is 16.7 Å². The van der Waals surface area contributed by atoms with E-state index in [1.165, 1.54) is 12.4 Å². The first-order valence-electron chi connectivity index (χ1n) is 5.77. The van der Waals surface area contributed by atoms with E-state index in [2.05, 4.69) is 10.3 Å². The molecule has 0 bridgehead atoms. The quantitative estimate of drug-likeness (QED) is 0.899. The van der Waals surface area contributed by atoms with Crippen molar-refractivity contribution in [3.63, 3.8) is 0 Å². The zero-order valence-corrected chi connectivity index (χ0v) is 10.9. The Labute approximate surface area is 116 Å². The fraction of sp³-hybridized carbons (Fsp3) is 0.143. The summed E-state index contributed by atoms with van der Waals surface area (Å²) in [5.74, 6) is -0.271. The second kappa shape index (κ2) is 6.31. The molecule has 1 amide bonds. The zero-order chi connectivity index (χ0) is 13.7. The van der Waals surface area contributed by atoms with Crippen molar-refractivity contribution in [3.05, 3.63) is 64.4 Å². The molecule has 0 aliphatic carbocycles. The van der Waals surface area contributed by atoms with Gasteiger partial charge in [-0.1, -0.05) is 35.9 Å². The van der Waals surface area contributed by atoms with E-state index in [0.717, 1.165) is 11.1 Å². The lowest BCUT2D eigenvalue weighted by molar-refractivity contribution is 0.0950. The third-order valence-electron chi connectivity index (χ3n) is 2.64. The number of nitrogens with zero attached hydrogens (tertiary/aromatic N) is 1. The average Bonchev–Trinajstić information content (AvgIpc) is 2.45. The van der Waals surface area contributed by atoms with E-state index >= 15 is 0 Å². The number of hydrogen-bond acceptors (Lipinski definition) is 3. The molecule has 0 saturated carbocycles. The molecular weight excluding hydrogens is 264 g/mol. The van der Waals surface area contributed by atoms with Gasteiger partial charge in [-0.05, 0) is 17.2 Å². The van der Waals surface area contributed by atoms with E-state index in [1.807, 2.05) is 24.3 Å². The Hall–Kier alpha value is -1.91. The molecule has 0 aliphatic heterocycles. The van der Waals surface area contributed by atoms with Gasteiger partial charge in [-0.25, -0.2) is 0 Å². The predicted molar refractivity (Wildman–Crippen MR) is 72.8 cm³/mol. The summed E-state index contributed by atoms with van der Waals surface area (Å²) in [6.45, 7) is 0.355. The SMILES string of the molecule is O=C(NCc1cccc(CO)c1)c1cnccc1Cl. The maximum atomic E-state index is 11.9. The molecule has 2 aromatic rings. The highest BCUT2D eigenvalue weighted by atomic mass is 35.5. The van der Waals surface area contributed by atoms with Gasteiger partial charge in [0.1, 0.15) is 0 Å². The van der Waals surface area contributed by atoms with Crippen molar-refractivity contribution in [1.82, 2.24) is 10.3 Å². The molecule has 2 N–H and O–H groups in total. The number of halogens is 1.